The molecule has 2 heteroatoms. The van der Waals surface area contributed by atoms with E-state index in [1.165, 1.54) is 36.8 Å². The van der Waals surface area contributed by atoms with Crippen LogP contribution < -0.4 is 5.32 Å². The van der Waals surface area contributed by atoms with Crippen LogP contribution in [0.3, 0.4) is 0 Å². The van der Waals surface area contributed by atoms with Crippen molar-refractivity contribution in [3.63, 3.8) is 0 Å². The van der Waals surface area contributed by atoms with Crippen LogP contribution in [0.5, 0.6) is 0 Å². The van der Waals surface area contributed by atoms with E-state index in [2.05, 4.69) is 29.9 Å². The Kier molecular flexibility index (Phi) is 3.81. The molecule has 1 N–H and O–H groups in total. The number of nitrogens with one attached hydrogen (secondary N) is 1. The van der Waals surface area contributed by atoms with Crippen LogP contribution in [0.1, 0.15) is 43.7 Å². The largest absolute Gasteiger partial charge is 0.310 e. The van der Waals surface area contributed by atoms with Gasteiger partial charge in [-0.25, -0.2) is 0 Å². The lowest BCUT2D eigenvalue weighted by molar-refractivity contribution is 0.306. The molecule has 0 bridgehead atoms. The van der Waals surface area contributed by atoms with E-state index in [1.807, 2.05) is 11.3 Å². The van der Waals surface area contributed by atoms with Gasteiger partial charge in [0.25, 0.3) is 0 Å². The Labute approximate surface area is 96.9 Å². The molecule has 0 radical (unpaired) electrons. The maximum atomic E-state index is 3.69. The molecule has 1 saturated carbocycles. The van der Waals surface area contributed by atoms with Gasteiger partial charge in [-0.3, -0.25) is 0 Å². The highest BCUT2D eigenvalue weighted by Crippen LogP contribution is 2.24. The molecule has 1 fully saturated rings. The van der Waals surface area contributed by atoms with Gasteiger partial charge in [0, 0.05) is 12.6 Å². The van der Waals surface area contributed by atoms with E-state index in [0.29, 0.717) is 0 Å². The summed E-state index contributed by atoms with van der Waals surface area (Å²) in [5.41, 5.74) is 2.93. The number of hydrogen-bond donors (Lipinski definition) is 1. The topological polar surface area (TPSA) is 12.0 Å². The van der Waals surface area contributed by atoms with E-state index >= 15 is 0 Å². The zero-order chi connectivity index (χ0) is 10.7. The molecule has 0 saturated heterocycles. The summed E-state index contributed by atoms with van der Waals surface area (Å²) in [4.78, 5) is 0. The van der Waals surface area contributed by atoms with Crippen molar-refractivity contribution in [3.05, 3.63) is 21.9 Å². The lowest BCUT2D eigenvalue weighted by Gasteiger charge is -2.27. The third-order valence-electron chi connectivity index (χ3n) is 3.56. The van der Waals surface area contributed by atoms with E-state index in [0.717, 1.165) is 18.5 Å². The molecule has 1 heterocycles. The SMILES string of the molecule is Cc1cscc1CNC1CCC(C)CC1. The molecule has 0 spiro atoms. The van der Waals surface area contributed by atoms with E-state index in [9.17, 15) is 0 Å². The summed E-state index contributed by atoms with van der Waals surface area (Å²) in [6.07, 6.45) is 5.54. The van der Waals surface area contributed by atoms with Gasteiger partial charge in [0.2, 0.25) is 0 Å². The Morgan fingerprint density at radius 2 is 2.00 bits per heavy atom. The smallest absolute Gasteiger partial charge is 0.0218 e. The average molecular weight is 223 g/mol. The van der Waals surface area contributed by atoms with Crippen molar-refractivity contribution in [2.24, 2.45) is 5.92 Å². The van der Waals surface area contributed by atoms with Gasteiger partial charge in [0.05, 0.1) is 0 Å². The molecule has 1 aliphatic rings. The summed E-state index contributed by atoms with van der Waals surface area (Å²) in [6, 6.07) is 0.764. The fourth-order valence-corrected chi connectivity index (χ4v) is 3.14. The van der Waals surface area contributed by atoms with Crippen molar-refractivity contribution in [1.29, 1.82) is 0 Å². The van der Waals surface area contributed by atoms with E-state index in [1.54, 1.807) is 0 Å². The first-order valence-electron chi connectivity index (χ1n) is 6.00. The van der Waals surface area contributed by atoms with Crippen LogP contribution in [-0.4, -0.2) is 6.04 Å². The molecular formula is C13H21NS. The van der Waals surface area contributed by atoms with Crippen molar-refractivity contribution >= 4 is 11.3 Å². The van der Waals surface area contributed by atoms with Crippen LogP contribution in [0.4, 0.5) is 0 Å². The minimum atomic E-state index is 0.764. The summed E-state index contributed by atoms with van der Waals surface area (Å²) in [7, 11) is 0. The lowest BCUT2D eigenvalue weighted by atomic mass is 9.87. The van der Waals surface area contributed by atoms with Crippen LogP contribution in [0, 0.1) is 12.8 Å². The summed E-state index contributed by atoms with van der Waals surface area (Å²) in [6.45, 7) is 5.64. The zero-order valence-corrected chi connectivity index (χ0v) is 10.6. The Morgan fingerprint density at radius 1 is 1.27 bits per heavy atom. The average Bonchev–Trinajstić information content (AvgIpc) is 2.63. The second-order valence-corrected chi connectivity index (χ2v) is 5.66. The van der Waals surface area contributed by atoms with Gasteiger partial charge in [-0.05, 0) is 60.4 Å². The van der Waals surface area contributed by atoms with Crippen molar-refractivity contribution in [2.75, 3.05) is 0 Å². The number of thiophene rings is 1. The molecule has 84 valence electrons. The van der Waals surface area contributed by atoms with Gasteiger partial charge in [0.15, 0.2) is 0 Å². The van der Waals surface area contributed by atoms with E-state index in [-0.39, 0.29) is 0 Å². The molecule has 0 atom stereocenters. The van der Waals surface area contributed by atoms with Gasteiger partial charge in [-0.15, -0.1) is 0 Å². The molecule has 15 heavy (non-hydrogen) atoms. The number of aryl methyl sites for hydroxylation is 1. The van der Waals surface area contributed by atoms with Crippen molar-refractivity contribution < 1.29 is 0 Å². The van der Waals surface area contributed by atoms with E-state index < -0.39 is 0 Å². The minimum Gasteiger partial charge on any atom is -0.310 e. The predicted molar refractivity (Wildman–Crippen MR) is 67.3 cm³/mol. The quantitative estimate of drug-likeness (QED) is 0.823. The van der Waals surface area contributed by atoms with Crippen molar-refractivity contribution in [3.8, 4) is 0 Å². The fraction of sp³-hybridized carbons (Fsp3) is 0.692. The molecule has 1 nitrogen and oxygen atoms in total. The summed E-state index contributed by atoms with van der Waals surface area (Å²) in [5, 5.41) is 8.20. The predicted octanol–water partition coefficient (Wildman–Crippen LogP) is 3.72. The second-order valence-electron chi connectivity index (χ2n) is 4.92. The van der Waals surface area contributed by atoms with Gasteiger partial charge in [0.1, 0.15) is 0 Å². The van der Waals surface area contributed by atoms with Gasteiger partial charge in [-0.1, -0.05) is 6.92 Å². The first kappa shape index (κ1) is 11.2. The standard InChI is InChI=1S/C13H21NS/c1-10-3-5-13(6-4-10)14-7-12-9-15-8-11(12)2/h8-10,13-14H,3-7H2,1-2H3. The zero-order valence-electron chi connectivity index (χ0n) is 9.75. The van der Waals surface area contributed by atoms with Crippen LogP contribution in [0.2, 0.25) is 0 Å². The third kappa shape index (κ3) is 3.05. The highest BCUT2D eigenvalue weighted by molar-refractivity contribution is 7.08. The monoisotopic (exact) mass is 223 g/mol. The second kappa shape index (κ2) is 5.13. The fourth-order valence-electron chi connectivity index (χ4n) is 2.29. The third-order valence-corrected chi connectivity index (χ3v) is 4.47. The Balaban J connectivity index is 1.77. The van der Waals surface area contributed by atoms with E-state index in [4.69, 9.17) is 0 Å². The molecular weight excluding hydrogens is 202 g/mol. The molecule has 1 aromatic rings. The Morgan fingerprint density at radius 3 is 2.60 bits per heavy atom. The van der Waals surface area contributed by atoms with Crippen molar-refractivity contribution in [1.82, 2.24) is 5.32 Å². The lowest BCUT2D eigenvalue weighted by Crippen LogP contribution is -2.32. The normalized spacial score (nSPS) is 26.8. The Hall–Kier alpha value is -0.340. The summed E-state index contributed by atoms with van der Waals surface area (Å²) in [5.74, 6) is 0.950. The summed E-state index contributed by atoms with van der Waals surface area (Å²) >= 11 is 1.81. The van der Waals surface area contributed by atoms with Gasteiger partial charge >= 0.3 is 0 Å². The highest BCUT2D eigenvalue weighted by atomic mass is 32.1. The number of rotatable bonds is 3. The molecule has 1 aromatic heterocycles. The highest BCUT2D eigenvalue weighted by Gasteiger charge is 2.17. The molecule has 0 unspecified atom stereocenters. The van der Waals surface area contributed by atoms with Crippen molar-refractivity contribution in [2.45, 2.75) is 52.1 Å². The maximum absolute atomic E-state index is 3.69. The summed E-state index contributed by atoms with van der Waals surface area (Å²) < 4.78 is 0. The molecule has 1 aliphatic carbocycles. The maximum Gasteiger partial charge on any atom is 0.0218 e. The molecule has 2 rings (SSSR count). The Bertz CT molecular complexity index is 297. The first-order chi connectivity index (χ1) is 7.25. The van der Waals surface area contributed by atoms with Crippen LogP contribution in [0.15, 0.2) is 10.8 Å². The van der Waals surface area contributed by atoms with Gasteiger partial charge < -0.3 is 5.32 Å². The van der Waals surface area contributed by atoms with Crippen LogP contribution in [-0.2, 0) is 6.54 Å². The van der Waals surface area contributed by atoms with Crippen LogP contribution in [0.25, 0.3) is 0 Å². The minimum absolute atomic E-state index is 0.764. The van der Waals surface area contributed by atoms with Gasteiger partial charge in [-0.2, -0.15) is 11.3 Å². The molecule has 0 amide bonds. The van der Waals surface area contributed by atoms with Crippen LogP contribution >= 0.6 is 11.3 Å². The molecule has 0 aliphatic heterocycles. The number of hydrogen-bond acceptors (Lipinski definition) is 2. The molecule has 0 aromatic carbocycles. The first-order valence-corrected chi connectivity index (χ1v) is 6.95.